The van der Waals surface area contributed by atoms with Gasteiger partial charge in [-0.05, 0) is 70.1 Å². The molecule has 1 saturated heterocycles. The molecule has 3 rings (SSSR count). The molecule has 2 fully saturated rings. The number of carbonyl (C=O) groups is 1. The minimum absolute atomic E-state index is 0.110. The van der Waals surface area contributed by atoms with Crippen molar-refractivity contribution in [2.45, 2.75) is 76.5 Å². The summed E-state index contributed by atoms with van der Waals surface area (Å²) in [6.07, 6.45) is 9.65. The largest absolute Gasteiger partial charge is 0.465 e. The third-order valence-electron chi connectivity index (χ3n) is 6.20. The van der Waals surface area contributed by atoms with Crippen LogP contribution >= 0.6 is 0 Å². The molecule has 1 amide bonds. The molecule has 5 heteroatoms. The molecule has 1 N–H and O–H groups in total. The Bertz CT molecular complexity index is 568. The molecule has 0 spiro atoms. The minimum atomic E-state index is -0.813. The Morgan fingerprint density at radius 1 is 1.04 bits per heavy atom. The molecule has 1 saturated carbocycles. The maximum absolute atomic E-state index is 11.7. The van der Waals surface area contributed by atoms with Gasteiger partial charge in [-0.3, -0.25) is 0 Å². The van der Waals surface area contributed by atoms with Crippen molar-refractivity contribution in [1.82, 2.24) is 9.80 Å². The van der Waals surface area contributed by atoms with Gasteiger partial charge >= 0.3 is 6.09 Å². The summed E-state index contributed by atoms with van der Waals surface area (Å²) >= 11 is 0. The summed E-state index contributed by atoms with van der Waals surface area (Å²) in [5.41, 5.74) is 1.05. The third-order valence-corrected chi connectivity index (χ3v) is 6.20. The second-order valence-electron chi connectivity index (χ2n) is 8.31. The lowest BCUT2D eigenvalue weighted by Gasteiger charge is -2.35. The van der Waals surface area contributed by atoms with Gasteiger partial charge in [0.15, 0.2) is 0 Å². The predicted molar refractivity (Wildman–Crippen MR) is 112 cm³/mol. The topological polar surface area (TPSA) is 53.0 Å². The monoisotopic (exact) mass is 388 g/mol. The Morgan fingerprint density at radius 3 is 2.39 bits per heavy atom. The first-order valence-corrected chi connectivity index (χ1v) is 11.1. The molecule has 0 radical (unpaired) electrons. The van der Waals surface area contributed by atoms with Crippen molar-refractivity contribution in [3.8, 4) is 0 Å². The van der Waals surface area contributed by atoms with Crippen molar-refractivity contribution in [1.29, 1.82) is 0 Å². The van der Waals surface area contributed by atoms with Gasteiger partial charge in [-0.2, -0.15) is 0 Å². The van der Waals surface area contributed by atoms with Gasteiger partial charge in [0, 0.05) is 19.2 Å². The van der Waals surface area contributed by atoms with Crippen LogP contribution < -0.4 is 0 Å². The van der Waals surface area contributed by atoms with Crippen LogP contribution in [0, 0.1) is 0 Å². The summed E-state index contributed by atoms with van der Waals surface area (Å²) in [6.45, 7) is 5.20. The molecule has 0 bridgehead atoms. The lowest BCUT2D eigenvalue weighted by molar-refractivity contribution is 0.00595. The summed E-state index contributed by atoms with van der Waals surface area (Å²) in [7, 11) is 0. The van der Waals surface area contributed by atoms with E-state index in [4.69, 9.17) is 4.74 Å². The zero-order valence-electron chi connectivity index (χ0n) is 17.1. The molecule has 156 valence electrons. The van der Waals surface area contributed by atoms with E-state index in [9.17, 15) is 9.90 Å². The average Bonchev–Trinajstić information content (AvgIpc) is 2.68. The van der Waals surface area contributed by atoms with Crippen LogP contribution in [0.5, 0.6) is 0 Å². The first-order chi connectivity index (χ1) is 13.7. The van der Waals surface area contributed by atoms with Crippen molar-refractivity contribution in [2.24, 2.45) is 0 Å². The predicted octanol–water partition coefficient (Wildman–Crippen LogP) is 4.76. The number of benzene rings is 1. The fraction of sp³-hybridized carbons (Fsp3) is 0.696. The van der Waals surface area contributed by atoms with Gasteiger partial charge < -0.3 is 19.6 Å². The SMILES string of the molecule is O=C(O)N(Cc1ccccc1)C1CCC(OCCCCCCN2CCC2)CC1. The van der Waals surface area contributed by atoms with Gasteiger partial charge in [-0.1, -0.05) is 43.2 Å². The number of hydrogen-bond donors (Lipinski definition) is 1. The Hall–Kier alpha value is -1.59. The maximum Gasteiger partial charge on any atom is 0.407 e. The first kappa shape index (κ1) is 21.1. The molecule has 1 aromatic rings. The van der Waals surface area contributed by atoms with Gasteiger partial charge in [0.05, 0.1) is 6.10 Å². The molecule has 0 unspecified atom stereocenters. The van der Waals surface area contributed by atoms with E-state index in [1.54, 1.807) is 4.90 Å². The van der Waals surface area contributed by atoms with Crippen LogP contribution in [0.2, 0.25) is 0 Å². The Morgan fingerprint density at radius 2 is 1.75 bits per heavy atom. The molecule has 5 nitrogen and oxygen atoms in total. The summed E-state index contributed by atoms with van der Waals surface area (Å²) in [4.78, 5) is 15.9. The van der Waals surface area contributed by atoms with Crippen molar-refractivity contribution in [2.75, 3.05) is 26.2 Å². The van der Waals surface area contributed by atoms with Gasteiger partial charge in [0.2, 0.25) is 0 Å². The number of amides is 1. The van der Waals surface area contributed by atoms with E-state index >= 15 is 0 Å². The molecule has 0 atom stereocenters. The maximum atomic E-state index is 11.7. The first-order valence-electron chi connectivity index (χ1n) is 11.1. The number of rotatable bonds is 11. The van der Waals surface area contributed by atoms with Gasteiger partial charge in [0.25, 0.3) is 0 Å². The smallest absolute Gasteiger partial charge is 0.407 e. The van der Waals surface area contributed by atoms with Crippen LogP contribution in [0.25, 0.3) is 0 Å². The van der Waals surface area contributed by atoms with Crippen LogP contribution in [-0.2, 0) is 11.3 Å². The Labute approximate surface area is 169 Å². The number of ether oxygens (including phenoxy) is 1. The summed E-state index contributed by atoms with van der Waals surface area (Å²) < 4.78 is 6.07. The summed E-state index contributed by atoms with van der Waals surface area (Å²) in [6, 6.07) is 9.99. The second-order valence-corrected chi connectivity index (χ2v) is 8.31. The van der Waals surface area contributed by atoms with E-state index in [1.807, 2.05) is 30.3 Å². The van der Waals surface area contributed by atoms with Crippen molar-refractivity contribution in [3.63, 3.8) is 0 Å². The summed E-state index contributed by atoms with van der Waals surface area (Å²) in [5.74, 6) is 0. The second kappa shape index (κ2) is 11.4. The standard InChI is InChI=1S/C23H36N2O3/c26-23(27)25(19-20-9-4-3-5-10-20)21-11-13-22(14-12-21)28-18-7-2-1-6-15-24-16-8-17-24/h3-5,9-10,21-22H,1-2,6-8,11-19H2,(H,26,27). The Balaban J connectivity index is 1.28. The normalized spacial score (nSPS) is 22.6. The number of likely N-dealkylation sites (tertiary alicyclic amines) is 1. The molecule has 28 heavy (non-hydrogen) atoms. The highest BCUT2D eigenvalue weighted by atomic mass is 16.5. The van der Waals surface area contributed by atoms with E-state index in [-0.39, 0.29) is 6.04 Å². The van der Waals surface area contributed by atoms with Crippen LogP contribution in [0.15, 0.2) is 30.3 Å². The van der Waals surface area contributed by atoms with Gasteiger partial charge in [-0.25, -0.2) is 4.79 Å². The Kier molecular flexibility index (Phi) is 8.62. The van der Waals surface area contributed by atoms with Crippen LogP contribution in [0.1, 0.15) is 63.4 Å². The van der Waals surface area contributed by atoms with Crippen molar-refractivity contribution in [3.05, 3.63) is 35.9 Å². The van der Waals surface area contributed by atoms with Crippen LogP contribution in [0.3, 0.4) is 0 Å². The van der Waals surface area contributed by atoms with E-state index in [0.29, 0.717) is 12.6 Å². The van der Waals surface area contributed by atoms with E-state index in [1.165, 1.54) is 45.3 Å². The molecule has 1 aromatic carbocycles. The van der Waals surface area contributed by atoms with Crippen LogP contribution in [-0.4, -0.2) is 59.4 Å². The van der Waals surface area contributed by atoms with Crippen LogP contribution in [0.4, 0.5) is 4.79 Å². The number of nitrogens with zero attached hydrogens (tertiary/aromatic N) is 2. The lowest BCUT2D eigenvalue weighted by Crippen LogP contribution is -2.42. The highest BCUT2D eigenvalue weighted by Crippen LogP contribution is 2.26. The highest BCUT2D eigenvalue weighted by Gasteiger charge is 2.29. The fourth-order valence-corrected chi connectivity index (χ4v) is 4.30. The average molecular weight is 389 g/mol. The molecule has 1 aliphatic carbocycles. The molecule has 1 heterocycles. The zero-order chi connectivity index (χ0) is 19.6. The van der Waals surface area contributed by atoms with Crippen molar-refractivity contribution < 1.29 is 14.6 Å². The third kappa shape index (κ3) is 6.78. The number of hydrogen-bond acceptors (Lipinski definition) is 3. The van der Waals surface area contributed by atoms with E-state index in [2.05, 4.69) is 4.90 Å². The minimum Gasteiger partial charge on any atom is -0.465 e. The zero-order valence-corrected chi connectivity index (χ0v) is 17.1. The highest BCUT2D eigenvalue weighted by molar-refractivity contribution is 5.65. The van der Waals surface area contributed by atoms with E-state index < -0.39 is 6.09 Å². The number of carboxylic acid groups (broad SMARTS) is 1. The summed E-state index contributed by atoms with van der Waals surface area (Å²) in [5, 5.41) is 9.64. The quantitative estimate of drug-likeness (QED) is 0.555. The van der Waals surface area contributed by atoms with Gasteiger partial charge in [0.1, 0.15) is 0 Å². The lowest BCUT2D eigenvalue weighted by atomic mass is 9.91. The fourth-order valence-electron chi connectivity index (χ4n) is 4.30. The molecular formula is C23H36N2O3. The molecule has 1 aliphatic heterocycles. The van der Waals surface area contributed by atoms with Gasteiger partial charge in [-0.15, -0.1) is 0 Å². The number of unbranched alkanes of at least 4 members (excludes halogenated alkanes) is 3. The molecule has 2 aliphatic rings. The molecule has 0 aromatic heterocycles. The van der Waals surface area contributed by atoms with E-state index in [0.717, 1.165) is 44.3 Å². The molecular weight excluding hydrogens is 352 g/mol. The van der Waals surface area contributed by atoms with Crippen molar-refractivity contribution >= 4 is 6.09 Å².